The molecule has 2 aromatic rings. The highest BCUT2D eigenvalue weighted by atomic mass is 35.5. The fraction of sp³-hybridized carbons (Fsp3) is 0.368. The molecule has 1 aliphatic carbocycles. The van der Waals surface area contributed by atoms with Gasteiger partial charge in [0, 0.05) is 23.8 Å². The molecule has 0 atom stereocenters. The third-order valence-electron chi connectivity index (χ3n) is 4.87. The summed E-state index contributed by atoms with van der Waals surface area (Å²) in [7, 11) is 0. The predicted molar refractivity (Wildman–Crippen MR) is 99.0 cm³/mol. The van der Waals surface area contributed by atoms with Crippen LogP contribution in [-0.4, -0.2) is 22.6 Å². The summed E-state index contributed by atoms with van der Waals surface area (Å²) in [5.41, 5.74) is 6.67. The van der Waals surface area contributed by atoms with Crippen molar-refractivity contribution in [3.63, 3.8) is 0 Å². The second-order valence-electron chi connectivity index (χ2n) is 6.62. The normalized spacial score (nSPS) is 15.9. The van der Waals surface area contributed by atoms with Gasteiger partial charge >= 0.3 is 0 Å². The molecule has 1 aliphatic rings. The summed E-state index contributed by atoms with van der Waals surface area (Å²) in [6.07, 6.45) is 5.52. The lowest BCUT2D eigenvalue weighted by atomic mass is 9.97. The Morgan fingerprint density at radius 3 is 2.60 bits per heavy atom. The van der Waals surface area contributed by atoms with Gasteiger partial charge in [-0.2, -0.15) is 0 Å². The minimum atomic E-state index is -0.319. The van der Waals surface area contributed by atoms with E-state index in [9.17, 15) is 9.59 Å². The van der Waals surface area contributed by atoms with Gasteiger partial charge in [-0.15, -0.1) is 0 Å². The summed E-state index contributed by atoms with van der Waals surface area (Å²) in [5, 5.41) is 3.67. The molecule has 6 heteroatoms. The van der Waals surface area contributed by atoms with E-state index >= 15 is 0 Å². The van der Waals surface area contributed by atoms with Crippen molar-refractivity contribution in [1.29, 1.82) is 0 Å². The molecule has 1 fully saturated rings. The molecule has 1 aromatic heterocycles. The number of carbonyl (C=O) groups excluding carboxylic acids is 1. The monoisotopic (exact) mass is 359 g/mol. The van der Waals surface area contributed by atoms with Gasteiger partial charge in [0.05, 0.1) is 17.6 Å². The Labute approximate surface area is 151 Å². The van der Waals surface area contributed by atoms with Crippen LogP contribution in [0.15, 0.2) is 47.4 Å². The Balaban J connectivity index is 1.82. The first-order chi connectivity index (χ1) is 12.0. The summed E-state index contributed by atoms with van der Waals surface area (Å²) < 4.78 is 1.50. The van der Waals surface area contributed by atoms with Crippen molar-refractivity contribution in [2.45, 2.75) is 37.8 Å². The van der Waals surface area contributed by atoms with Crippen LogP contribution in [0.2, 0.25) is 5.02 Å². The van der Waals surface area contributed by atoms with Gasteiger partial charge < -0.3 is 15.6 Å². The average Bonchev–Trinajstić information content (AvgIpc) is 3.07. The fourth-order valence-electron chi connectivity index (χ4n) is 3.34. The molecule has 0 bridgehead atoms. The van der Waals surface area contributed by atoms with Crippen molar-refractivity contribution in [2.24, 2.45) is 5.73 Å². The van der Waals surface area contributed by atoms with Crippen molar-refractivity contribution in [1.82, 2.24) is 9.88 Å². The minimum absolute atomic E-state index is 0.175. The smallest absolute Gasteiger partial charge is 0.253 e. The summed E-state index contributed by atoms with van der Waals surface area (Å²) in [6.45, 7) is 0.750. The number of aromatic nitrogens is 1. The van der Waals surface area contributed by atoms with Crippen LogP contribution in [0.25, 0.3) is 0 Å². The Bertz CT molecular complexity index is 825. The standard InChI is InChI=1S/C19H22ClN3O2/c20-16-6-2-1-5-14(16)11-23-12-15(7-8-17(23)24)18(25)22-19(13-21)9-3-4-10-19/h1-2,5-8,12H,3-4,9-11,13,21H2,(H,22,25). The molecule has 3 rings (SSSR count). The average molecular weight is 360 g/mol. The van der Waals surface area contributed by atoms with Crippen LogP contribution in [0.5, 0.6) is 0 Å². The molecule has 0 saturated heterocycles. The van der Waals surface area contributed by atoms with Crippen LogP contribution in [0.3, 0.4) is 0 Å². The second-order valence-corrected chi connectivity index (χ2v) is 7.03. The van der Waals surface area contributed by atoms with Gasteiger partial charge in [0.1, 0.15) is 0 Å². The van der Waals surface area contributed by atoms with Gasteiger partial charge in [-0.1, -0.05) is 42.6 Å². The molecule has 0 spiro atoms. The number of nitrogens with two attached hydrogens (primary N) is 1. The van der Waals surface area contributed by atoms with Gasteiger partial charge in [-0.3, -0.25) is 9.59 Å². The van der Waals surface area contributed by atoms with E-state index in [1.807, 2.05) is 18.2 Å². The zero-order valence-electron chi connectivity index (χ0n) is 14.0. The molecule has 0 unspecified atom stereocenters. The molecule has 132 valence electrons. The number of nitrogens with zero attached hydrogens (tertiary/aromatic N) is 1. The van der Waals surface area contributed by atoms with E-state index in [0.717, 1.165) is 31.2 Å². The molecule has 1 amide bonds. The lowest BCUT2D eigenvalue weighted by molar-refractivity contribution is 0.0902. The van der Waals surface area contributed by atoms with E-state index in [4.69, 9.17) is 17.3 Å². The predicted octanol–water partition coefficient (Wildman–Crippen LogP) is 2.55. The van der Waals surface area contributed by atoms with Crippen LogP contribution in [0.4, 0.5) is 0 Å². The molecule has 1 heterocycles. The first-order valence-electron chi connectivity index (χ1n) is 8.49. The summed E-state index contributed by atoms with van der Waals surface area (Å²) in [6, 6.07) is 10.3. The van der Waals surface area contributed by atoms with Crippen LogP contribution in [0, 0.1) is 0 Å². The number of pyridine rings is 1. The molecule has 0 radical (unpaired) electrons. The zero-order valence-corrected chi connectivity index (χ0v) is 14.8. The highest BCUT2D eigenvalue weighted by Gasteiger charge is 2.34. The largest absolute Gasteiger partial charge is 0.345 e. The fourth-order valence-corrected chi connectivity index (χ4v) is 3.54. The molecule has 1 aromatic carbocycles. The topological polar surface area (TPSA) is 77.1 Å². The summed E-state index contributed by atoms with van der Waals surface area (Å²) in [4.78, 5) is 24.8. The molecule has 5 nitrogen and oxygen atoms in total. The molecular formula is C19H22ClN3O2. The SMILES string of the molecule is NCC1(NC(=O)c2ccc(=O)n(Cc3ccccc3Cl)c2)CCCC1. The van der Waals surface area contributed by atoms with Gasteiger partial charge in [-0.05, 0) is 30.5 Å². The maximum atomic E-state index is 12.6. The van der Waals surface area contributed by atoms with Gasteiger partial charge in [0.15, 0.2) is 0 Å². The molecule has 1 saturated carbocycles. The number of hydrogen-bond acceptors (Lipinski definition) is 3. The van der Waals surface area contributed by atoms with Crippen LogP contribution in [-0.2, 0) is 6.54 Å². The zero-order chi connectivity index (χ0) is 17.9. The Hall–Kier alpha value is -2.11. The van der Waals surface area contributed by atoms with Gasteiger partial charge in [0.2, 0.25) is 0 Å². The van der Waals surface area contributed by atoms with Crippen molar-refractivity contribution in [3.8, 4) is 0 Å². The maximum absolute atomic E-state index is 12.6. The van der Waals surface area contributed by atoms with E-state index in [0.29, 0.717) is 23.7 Å². The van der Waals surface area contributed by atoms with Crippen molar-refractivity contribution < 1.29 is 4.79 Å². The number of halogens is 1. The summed E-state index contributed by atoms with van der Waals surface area (Å²) >= 11 is 6.17. The van der Waals surface area contributed by atoms with Gasteiger partial charge in [0.25, 0.3) is 11.5 Å². The van der Waals surface area contributed by atoms with E-state index < -0.39 is 0 Å². The molecule has 3 N–H and O–H groups in total. The number of amides is 1. The molecule has 0 aliphatic heterocycles. The third kappa shape index (κ3) is 3.94. The first-order valence-corrected chi connectivity index (χ1v) is 8.87. The number of hydrogen-bond donors (Lipinski definition) is 2. The van der Waals surface area contributed by atoms with E-state index in [1.54, 1.807) is 18.3 Å². The maximum Gasteiger partial charge on any atom is 0.253 e. The second kappa shape index (κ2) is 7.42. The van der Waals surface area contributed by atoms with E-state index in [1.165, 1.54) is 10.6 Å². The van der Waals surface area contributed by atoms with Crippen molar-refractivity contribution in [2.75, 3.05) is 6.54 Å². The first kappa shape index (κ1) is 17.7. The lowest BCUT2D eigenvalue weighted by Crippen LogP contribution is -2.51. The summed E-state index contributed by atoms with van der Waals surface area (Å²) in [5.74, 6) is -0.194. The van der Waals surface area contributed by atoms with Crippen LogP contribution in [0.1, 0.15) is 41.6 Å². The Morgan fingerprint density at radius 1 is 1.20 bits per heavy atom. The highest BCUT2D eigenvalue weighted by molar-refractivity contribution is 6.31. The minimum Gasteiger partial charge on any atom is -0.345 e. The Morgan fingerprint density at radius 2 is 1.92 bits per heavy atom. The lowest BCUT2D eigenvalue weighted by Gasteiger charge is -2.28. The van der Waals surface area contributed by atoms with Gasteiger partial charge in [-0.25, -0.2) is 0 Å². The van der Waals surface area contributed by atoms with Crippen LogP contribution < -0.4 is 16.6 Å². The van der Waals surface area contributed by atoms with Crippen molar-refractivity contribution >= 4 is 17.5 Å². The molecular weight excluding hydrogens is 338 g/mol. The number of rotatable bonds is 5. The number of nitrogens with one attached hydrogen (secondary N) is 1. The number of benzene rings is 1. The quantitative estimate of drug-likeness (QED) is 0.861. The Kier molecular flexibility index (Phi) is 5.25. The highest BCUT2D eigenvalue weighted by Crippen LogP contribution is 2.28. The van der Waals surface area contributed by atoms with Crippen LogP contribution >= 0.6 is 11.6 Å². The van der Waals surface area contributed by atoms with E-state index in [-0.39, 0.29) is 17.0 Å². The third-order valence-corrected chi connectivity index (χ3v) is 5.24. The van der Waals surface area contributed by atoms with Crippen molar-refractivity contribution in [3.05, 3.63) is 69.1 Å². The number of carbonyl (C=O) groups is 1. The molecule has 25 heavy (non-hydrogen) atoms. The van der Waals surface area contributed by atoms with E-state index in [2.05, 4.69) is 5.32 Å².